The van der Waals surface area contributed by atoms with Crippen LogP contribution in [0.5, 0.6) is 0 Å². The topological polar surface area (TPSA) is 107 Å². The fourth-order valence-electron chi connectivity index (χ4n) is 1.12. The molecule has 0 saturated carbocycles. The Morgan fingerprint density at radius 2 is 2.16 bits per heavy atom. The van der Waals surface area contributed by atoms with Gasteiger partial charge in [-0.05, 0) is 13.0 Å². The predicted molar refractivity (Wildman–Crippen MR) is 72.6 cm³/mol. The first kappa shape index (κ1) is 15.4. The minimum absolute atomic E-state index is 0.172. The van der Waals surface area contributed by atoms with Gasteiger partial charge in [0.2, 0.25) is 11.9 Å². The van der Waals surface area contributed by atoms with Crippen LogP contribution >= 0.6 is 11.8 Å². The largest absolute Gasteiger partial charge is 0.465 e. The zero-order chi connectivity index (χ0) is 14.1. The summed E-state index contributed by atoms with van der Waals surface area (Å²) in [5.74, 6) is 0.0460. The third-order valence-electron chi connectivity index (χ3n) is 1.94. The van der Waals surface area contributed by atoms with Crippen LogP contribution in [0.25, 0.3) is 0 Å². The second-order valence-electron chi connectivity index (χ2n) is 3.49. The van der Waals surface area contributed by atoms with Gasteiger partial charge < -0.3 is 10.5 Å². The van der Waals surface area contributed by atoms with Gasteiger partial charge in [-0.25, -0.2) is 9.97 Å². The maximum Gasteiger partial charge on any atom is 0.323 e. The molecule has 7 nitrogen and oxygen atoms in total. The smallest absolute Gasteiger partial charge is 0.323 e. The van der Waals surface area contributed by atoms with E-state index in [0.29, 0.717) is 12.4 Å². The zero-order valence-corrected chi connectivity index (χ0v) is 11.4. The van der Waals surface area contributed by atoms with Crippen molar-refractivity contribution in [1.29, 1.82) is 0 Å². The van der Waals surface area contributed by atoms with Crippen LogP contribution in [-0.2, 0) is 14.3 Å². The minimum atomic E-state index is -0.717. The predicted octanol–water partition coefficient (Wildman–Crippen LogP) is 0.0387. The number of carbonyl (C=O) groups excluding carboxylic acids is 2. The third-order valence-corrected chi connectivity index (χ3v) is 3.00. The lowest BCUT2D eigenvalue weighted by atomic mass is 10.4. The molecule has 0 bridgehead atoms. The molecular formula is C11H16N4O3S. The van der Waals surface area contributed by atoms with Crippen LogP contribution in [0.15, 0.2) is 18.5 Å². The molecular weight excluding hydrogens is 268 g/mol. The standard InChI is InChI=1S/C11H16N4O3S/c1-2-18-10(17)8(12)6-19-7-9(16)15-11-13-4-3-5-14-11/h3-5,8H,2,6-7,12H2,1H3,(H,13,14,15,16). The van der Waals surface area contributed by atoms with E-state index in [1.165, 1.54) is 24.2 Å². The van der Waals surface area contributed by atoms with Crippen LogP contribution in [-0.4, -0.2) is 46.0 Å². The summed E-state index contributed by atoms with van der Waals surface area (Å²) in [6, 6.07) is 0.939. The number of nitrogens with zero attached hydrogens (tertiary/aromatic N) is 2. The molecule has 1 unspecified atom stereocenters. The lowest BCUT2D eigenvalue weighted by molar-refractivity contribution is -0.144. The SMILES string of the molecule is CCOC(=O)C(N)CSCC(=O)Nc1ncccn1. The molecule has 0 aliphatic heterocycles. The van der Waals surface area contributed by atoms with Gasteiger partial charge in [0.25, 0.3) is 0 Å². The van der Waals surface area contributed by atoms with Gasteiger partial charge in [-0.2, -0.15) is 0 Å². The number of amides is 1. The van der Waals surface area contributed by atoms with Crippen molar-refractivity contribution in [2.45, 2.75) is 13.0 Å². The second-order valence-corrected chi connectivity index (χ2v) is 4.52. The van der Waals surface area contributed by atoms with Gasteiger partial charge in [0.1, 0.15) is 6.04 Å². The number of anilines is 1. The van der Waals surface area contributed by atoms with Crippen molar-refractivity contribution >= 4 is 29.6 Å². The van der Waals surface area contributed by atoms with E-state index in [0.717, 1.165) is 0 Å². The molecule has 0 fully saturated rings. The molecule has 8 heteroatoms. The van der Waals surface area contributed by atoms with Crippen molar-refractivity contribution in [1.82, 2.24) is 9.97 Å². The summed E-state index contributed by atoms with van der Waals surface area (Å²) in [7, 11) is 0. The van der Waals surface area contributed by atoms with E-state index < -0.39 is 12.0 Å². The summed E-state index contributed by atoms with van der Waals surface area (Å²) in [6.45, 7) is 2.01. The number of rotatable bonds is 7. The molecule has 1 amide bonds. The van der Waals surface area contributed by atoms with Gasteiger partial charge >= 0.3 is 5.97 Å². The number of hydrogen-bond acceptors (Lipinski definition) is 7. The Labute approximate surface area is 115 Å². The number of carbonyl (C=O) groups is 2. The quantitative estimate of drug-likeness (QED) is 0.680. The molecule has 1 aromatic heterocycles. The van der Waals surface area contributed by atoms with E-state index in [9.17, 15) is 9.59 Å². The average Bonchev–Trinajstić information content (AvgIpc) is 2.40. The van der Waals surface area contributed by atoms with Gasteiger partial charge in [0.05, 0.1) is 12.4 Å². The van der Waals surface area contributed by atoms with Crippen LogP contribution in [0.4, 0.5) is 5.95 Å². The maximum atomic E-state index is 11.5. The van der Waals surface area contributed by atoms with E-state index in [1.807, 2.05) is 0 Å². The third kappa shape index (κ3) is 6.16. The number of hydrogen-bond donors (Lipinski definition) is 2. The molecule has 104 valence electrons. The fraction of sp³-hybridized carbons (Fsp3) is 0.455. The second kappa shape index (κ2) is 8.44. The van der Waals surface area contributed by atoms with E-state index in [-0.39, 0.29) is 17.6 Å². The van der Waals surface area contributed by atoms with Crippen molar-refractivity contribution in [3.63, 3.8) is 0 Å². The summed E-state index contributed by atoms with van der Waals surface area (Å²) in [5, 5.41) is 2.53. The Bertz CT molecular complexity index is 416. The summed E-state index contributed by atoms with van der Waals surface area (Å²) in [4.78, 5) is 30.5. The molecule has 1 atom stereocenters. The van der Waals surface area contributed by atoms with Crippen molar-refractivity contribution in [3.05, 3.63) is 18.5 Å². The monoisotopic (exact) mass is 284 g/mol. The summed E-state index contributed by atoms with van der Waals surface area (Å²) in [5.41, 5.74) is 5.59. The lowest BCUT2D eigenvalue weighted by Crippen LogP contribution is -2.35. The van der Waals surface area contributed by atoms with Gasteiger partial charge in [-0.1, -0.05) is 0 Å². The van der Waals surface area contributed by atoms with E-state index in [2.05, 4.69) is 15.3 Å². The zero-order valence-electron chi connectivity index (χ0n) is 10.5. The van der Waals surface area contributed by atoms with Gasteiger partial charge in [-0.15, -0.1) is 11.8 Å². The molecule has 1 rings (SSSR count). The van der Waals surface area contributed by atoms with Crippen molar-refractivity contribution in [2.24, 2.45) is 5.73 Å². The molecule has 0 aromatic carbocycles. The Morgan fingerprint density at radius 1 is 1.47 bits per heavy atom. The number of nitrogens with two attached hydrogens (primary N) is 1. The Morgan fingerprint density at radius 3 is 2.79 bits per heavy atom. The highest BCUT2D eigenvalue weighted by Gasteiger charge is 2.15. The molecule has 0 spiro atoms. The fourth-order valence-corrected chi connectivity index (χ4v) is 1.89. The molecule has 0 aliphatic carbocycles. The normalized spacial score (nSPS) is 11.7. The number of nitrogens with one attached hydrogen (secondary N) is 1. The van der Waals surface area contributed by atoms with Crippen LogP contribution in [0.1, 0.15) is 6.92 Å². The Balaban J connectivity index is 2.22. The first-order valence-electron chi connectivity index (χ1n) is 5.70. The van der Waals surface area contributed by atoms with Crippen LogP contribution in [0.2, 0.25) is 0 Å². The van der Waals surface area contributed by atoms with Crippen molar-refractivity contribution in [3.8, 4) is 0 Å². The molecule has 0 aliphatic rings. The van der Waals surface area contributed by atoms with Gasteiger partial charge in [-0.3, -0.25) is 14.9 Å². The molecule has 19 heavy (non-hydrogen) atoms. The summed E-state index contributed by atoms with van der Waals surface area (Å²) < 4.78 is 4.76. The van der Waals surface area contributed by atoms with Crippen LogP contribution in [0.3, 0.4) is 0 Å². The first-order chi connectivity index (χ1) is 9.13. The highest BCUT2D eigenvalue weighted by atomic mass is 32.2. The molecule has 0 saturated heterocycles. The average molecular weight is 284 g/mol. The lowest BCUT2D eigenvalue weighted by Gasteiger charge is -2.09. The number of esters is 1. The van der Waals surface area contributed by atoms with E-state index >= 15 is 0 Å². The van der Waals surface area contributed by atoms with Crippen LogP contribution < -0.4 is 11.1 Å². The first-order valence-corrected chi connectivity index (χ1v) is 6.85. The number of ether oxygens (including phenoxy) is 1. The maximum absolute atomic E-state index is 11.5. The summed E-state index contributed by atoms with van der Waals surface area (Å²) in [6.07, 6.45) is 3.07. The van der Waals surface area contributed by atoms with Gasteiger partial charge in [0, 0.05) is 18.1 Å². The van der Waals surface area contributed by atoms with E-state index in [4.69, 9.17) is 10.5 Å². The Hall–Kier alpha value is -1.67. The number of aromatic nitrogens is 2. The Kier molecular flexibility index (Phi) is 6.83. The highest BCUT2D eigenvalue weighted by molar-refractivity contribution is 8.00. The van der Waals surface area contributed by atoms with Gasteiger partial charge in [0.15, 0.2) is 0 Å². The molecule has 1 heterocycles. The number of thioether (sulfide) groups is 1. The molecule has 0 radical (unpaired) electrons. The molecule has 3 N–H and O–H groups in total. The summed E-state index contributed by atoms with van der Waals surface area (Å²) >= 11 is 1.25. The van der Waals surface area contributed by atoms with E-state index in [1.54, 1.807) is 13.0 Å². The van der Waals surface area contributed by atoms with Crippen molar-refractivity contribution in [2.75, 3.05) is 23.4 Å². The minimum Gasteiger partial charge on any atom is -0.465 e. The highest BCUT2D eigenvalue weighted by Crippen LogP contribution is 2.04. The van der Waals surface area contributed by atoms with Crippen LogP contribution in [0, 0.1) is 0 Å². The molecule has 1 aromatic rings. The van der Waals surface area contributed by atoms with Crippen molar-refractivity contribution < 1.29 is 14.3 Å².